The first-order valence-electron chi connectivity index (χ1n) is 11.3. The van der Waals surface area contributed by atoms with Gasteiger partial charge in [-0.15, -0.1) is 21.5 Å². The molecule has 1 saturated heterocycles. The number of aromatic nitrogens is 4. The highest BCUT2D eigenvalue weighted by molar-refractivity contribution is 7.09. The standard InChI is InChI=1S/C21H24N6OS.C2HF3O2/c1-14-18(29-13-23-14)12-26-9-16-7-19-24-25-20(27(19)11-17(16)10-26)21(28)22-8-15-5-3-2-4-6-15;3-2(4,5)1(6)7/h2-6,13,16-17H,7-12H2,1H3,(H,22,28);(H,6,7). The average molecular weight is 523 g/mol. The summed E-state index contributed by atoms with van der Waals surface area (Å²) in [7, 11) is 0. The number of halogens is 3. The number of likely N-dealkylation sites (tertiary alicyclic amines) is 1. The molecule has 5 rings (SSSR count). The van der Waals surface area contributed by atoms with E-state index in [2.05, 4.69) is 32.3 Å². The Bertz CT molecular complexity index is 1210. The van der Waals surface area contributed by atoms with Crippen molar-refractivity contribution in [2.24, 2.45) is 11.8 Å². The fourth-order valence-corrected chi connectivity index (χ4v) is 5.28. The first-order valence-corrected chi connectivity index (χ1v) is 12.2. The van der Waals surface area contributed by atoms with E-state index in [-0.39, 0.29) is 5.91 Å². The van der Waals surface area contributed by atoms with Crippen molar-refractivity contribution in [3.8, 4) is 0 Å². The highest BCUT2D eigenvalue weighted by Gasteiger charge is 2.39. The lowest BCUT2D eigenvalue weighted by molar-refractivity contribution is -0.192. The molecular weight excluding hydrogens is 497 g/mol. The van der Waals surface area contributed by atoms with Crippen LogP contribution in [0.5, 0.6) is 0 Å². The fourth-order valence-electron chi connectivity index (χ4n) is 4.46. The SMILES string of the molecule is Cc1ncsc1CN1CC2Cc3nnc(C(=O)NCc4ccccc4)n3CC2C1.O=C(O)C(F)(F)F. The van der Waals surface area contributed by atoms with Gasteiger partial charge < -0.3 is 15.0 Å². The highest BCUT2D eigenvalue weighted by Crippen LogP contribution is 2.33. The zero-order valence-electron chi connectivity index (χ0n) is 19.4. The maximum absolute atomic E-state index is 12.7. The normalized spacial score (nSPS) is 19.1. The molecule has 0 bridgehead atoms. The Hall–Kier alpha value is -3.32. The number of nitrogens with one attached hydrogen (secondary N) is 1. The third-order valence-electron chi connectivity index (χ3n) is 6.29. The van der Waals surface area contributed by atoms with Crippen molar-refractivity contribution in [3.05, 3.63) is 63.6 Å². The predicted octanol–water partition coefficient (Wildman–Crippen LogP) is 2.91. The Balaban J connectivity index is 0.000000384. The number of alkyl halides is 3. The van der Waals surface area contributed by atoms with Crippen LogP contribution in [0.2, 0.25) is 0 Å². The second-order valence-electron chi connectivity index (χ2n) is 8.80. The number of carboxylic acids is 1. The molecule has 9 nitrogen and oxygen atoms in total. The van der Waals surface area contributed by atoms with E-state index in [9.17, 15) is 18.0 Å². The third kappa shape index (κ3) is 6.08. The van der Waals surface area contributed by atoms with Gasteiger partial charge >= 0.3 is 12.1 Å². The summed E-state index contributed by atoms with van der Waals surface area (Å²) >= 11 is 1.74. The number of hydrogen-bond acceptors (Lipinski definition) is 7. The number of carbonyl (C=O) groups excluding carboxylic acids is 1. The van der Waals surface area contributed by atoms with Gasteiger partial charge in [-0.3, -0.25) is 9.69 Å². The van der Waals surface area contributed by atoms with Crippen LogP contribution in [-0.2, 0) is 30.8 Å². The molecule has 0 saturated carbocycles. The number of hydrogen-bond donors (Lipinski definition) is 2. The van der Waals surface area contributed by atoms with Gasteiger partial charge in [-0.2, -0.15) is 13.2 Å². The molecule has 2 aliphatic heterocycles. The van der Waals surface area contributed by atoms with Crippen molar-refractivity contribution in [2.45, 2.75) is 39.2 Å². The van der Waals surface area contributed by atoms with Crippen LogP contribution in [0.4, 0.5) is 13.2 Å². The van der Waals surface area contributed by atoms with Crippen LogP contribution in [-0.4, -0.2) is 60.9 Å². The summed E-state index contributed by atoms with van der Waals surface area (Å²) in [5.74, 6) is -0.417. The lowest BCUT2D eigenvalue weighted by atomic mass is 9.89. The van der Waals surface area contributed by atoms with Crippen LogP contribution in [0.15, 0.2) is 35.8 Å². The van der Waals surface area contributed by atoms with Crippen LogP contribution >= 0.6 is 11.3 Å². The largest absolute Gasteiger partial charge is 0.490 e. The van der Waals surface area contributed by atoms with E-state index in [1.165, 1.54) is 4.88 Å². The van der Waals surface area contributed by atoms with Crippen LogP contribution in [0, 0.1) is 18.8 Å². The maximum Gasteiger partial charge on any atom is 0.490 e. The first kappa shape index (κ1) is 25.8. The molecule has 2 aliphatic rings. The van der Waals surface area contributed by atoms with Gasteiger partial charge in [-0.1, -0.05) is 30.3 Å². The number of carboxylic acid groups (broad SMARTS) is 1. The minimum Gasteiger partial charge on any atom is -0.475 e. The number of amides is 1. The lowest BCUT2D eigenvalue weighted by Gasteiger charge is -2.25. The zero-order valence-corrected chi connectivity index (χ0v) is 20.2. The maximum atomic E-state index is 12.7. The number of fused-ring (bicyclic) bond motifs is 2. The molecule has 192 valence electrons. The van der Waals surface area contributed by atoms with E-state index in [4.69, 9.17) is 9.90 Å². The summed E-state index contributed by atoms with van der Waals surface area (Å²) in [5, 5.41) is 18.6. The minimum atomic E-state index is -5.08. The fraction of sp³-hybridized carbons (Fsp3) is 0.435. The Morgan fingerprint density at radius 2 is 1.83 bits per heavy atom. The van der Waals surface area contributed by atoms with Crippen molar-refractivity contribution < 1.29 is 27.9 Å². The summed E-state index contributed by atoms with van der Waals surface area (Å²) in [4.78, 5) is 29.8. The first-order chi connectivity index (χ1) is 17.1. The summed E-state index contributed by atoms with van der Waals surface area (Å²) in [6, 6.07) is 9.92. The van der Waals surface area contributed by atoms with Crippen LogP contribution in [0.25, 0.3) is 0 Å². The zero-order chi connectivity index (χ0) is 25.9. The van der Waals surface area contributed by atoms with Gasteiger partial charge in [0.25, 0.3) is 5.91 Å². The second kappa shape index (κ2) is 10.7. The molecule has 2 aromatic heterocycles. The van der Waals surface area contributed by atoms with Crippen LogP contribution in [0.3, 0.4) is 0 Å². The molecule has 0 aliphatic carbocycles. The lowest BCUT2D eigenvalue weighted by Crippen LogP contribution is -2.32. The Kier molecular flexibility index (Phi) is 7.69. The molecule has 1 amide bonds. The van der Waals surface area contributed by atoms with Crippen molar-refractivity contribution in [3.63, 3.8) is 0 Å². The van der Waals surface area contributed by atoms with Gasteiger partial charge in [0.05, 0.1) is 11.2 Å². The molecule has 1 aromatic carbocycles. The van der Waals surface area contributed by atoms with E-state index in [0.29, 0.717) is 24.2 Å². The molecule has 1 fully saturated rings. The molecule has 0 radical (unpaired) electrons. The van der Waals surface area contributed by atoms with E-state index >= 15 is 0 Å². The van der Waals surface area contributed by atoms with Gasteiger partial charge in [-0.25, -0.2) is 9.78 Å². The summed E-state index contributed by atoms with van der Waals surface area (Å²) in [6.07, 6.45) is -4.19. The van der Waals surface area contributed by atoms with Gasteiger partial charge in [0.2, 0.25) is 5.82 Å². The second-order valence-corrected chi connectivity index (χ2v) is 9.74. The molecule has 2 atom stereocenters. The molecule has 4 heterocycles. The molecule has 2 unspecified atom stereocenters. The summed E-state index contributed by atoms with van der Waals surface area (Å²) in [5.41, 5.74) is 4.14. The Labute approximate surface area is 209 Å². The topological polar surface area (TPSA) is 113 Å². The molecule has 2 N–H and O–H groups in total. The summed E-state index contributed by atoms with van der Waals surface area (Å²) < 4.78 is 33.8. The highest BCUT2D eigenvalue weighted by atomic mass is 32.1. The quantitative estimate of drug-likeness (QED) is 0.530. The molecule has 0 spiro atoms. The smallest absolute Gasteiger partial charge is 0.475 e. The molecular formula is C23H25F3N6O3S. The van der Waals surface area contributed by atoms with E-state index in [1.807, 2.05) is 40.4 Å². The minimum absolute atomic E-state index is 0.152. The molecule has 13 heteroatoms. The number of nitrogens with zero attached hydrogens (tertiary/aromatic N) is 5. The van der Waals surface area contributed by atoms with Gasteiger partial charge in [0.1, 0.15) is 5.82 Å². The van der Waals surface area contributed by atoms with Gasteiger partial charge in [0, 0.05) is 44.0 Å². The predicted molar refractivity (Wildman–Crippen MR) is 124 cm³/mol. The monoisotopic (exact) mass is 522 g/mol. The van der Waals surface area contributed by atoms with Gasteiger partial charge in [0.15, 0.2) is 0 Å². The van der Waals surface area contributed by atoms with Crippen LogP contribution < -0.4 is 5.32 Å². The van der Waals surface area contributed by atoms with E-state index in [1.54, 1.807) is 11.3 Å². The third-order valence-corrected chi connectivity index (χ3v) is 7.21. The Morgan fingerprint density at radius 1 is 1.14 bits per heavy atom. The van der Waals surface area contributed by atoms with E-state index < -0.39 is 12.1 Å². The summed E-state index contributed by atoms with van der Waals surface area (Å²) in [6.45, 7) is 6.48. The average Bonchev–Trinajstić information content (AvgIpc) is 3.54. The number of aryl methyl sites for hydroxylation is 1. The van der Waals surface area contributed by atoms with Crippen molar-refractivity contribution in [1.82, 2.24) is 30.0 Å². The van der Waals surface area contributed by atoms with Gasteiger partial charge in [-0.05, 0) is 24.3 Å². The number of carbonyl (C=O) groups is 2. The number of rotatable bonds is 5. The number of benzene rings is 1. The van der Waals surface area contributed by atoms with Crippen molar-refractivity contribution in [1.29, 1.82) is 0 Å². The number of thiazole rings is 1. The Morgan fingerprint density at radius 3 is 2.47 bits per heavy atom. The van der Waals surface area contributed by atoms with Crippen LogP contribution in [0.1, 0.15) is 32.6 Å². The van der Waals surface area contributed by atoms with Crippen molar-refractivity contribution in [2.75, 3.05) is 13.1 Å². The molecule has 3 aromatic rings. The molecule has 36 heavy (non-hydrogen) atoms. The van der Waals surface area contributed by atoms with E-state index in [0.717, 1.165) is 49.7 Å². The van der Waals surface area contributed by atoms with Crippen molar-refractivity contribution >= 4 is 23.2 Å². The number of aliphatic carboxylic acids is 1.